The molecule has 3 nitrogen and oxygen atoms in total. The second-order valence-corrected chi connectivity index (χ2v) is 6.69. The summed E-state index contributed by atoms with van der Waals surface area (Å²) < 4.78 is 5.42. The predicted octanol–water partition coefficient (Wildman–Crippen LogP) is 3.77. The molecule has 1 amide bonds. The third kappa shape index (κ3) is 3.85. The predicted molar refractivity (Wildman–Crippen MR) is 76.9 cm³/mol. The summed E-state index contributed by atoms with van der Waals surface area (Å²) in [7, 11) is 0. The van der Waals surface area contributed by atoms with E-state index in [1.165, 1.54) is 5.57 Å². The van der Waals surface area contributed by atoms with E-state index >= 15 is 0 Å². The minimum absolute atomic E-state index is 0.177. The molecule has 2 rings (SSSR count). The molecule has 0 saturated carbocycles. The number of carbonyl (C=O) groups excluding carboxylic acids is 1. The van der Waals surface area contributed by atoms with Crippen LogP contribution in [0, 0.1) is 11.8 Å². The molecule has 1 saturated heterocycles. The van der Waals surface area contributed by atoms with Crippen LogP contribution in [0.5, 0.6) is 0 Å². The van der Waals surface area contributed by atoms with E-state index in [1.807, 2.05) is 25.7 Å². The second kappa shape index (κ2) is 5.40. The lowest BCUT2D eigenvalue weighted by Crippen LogP contribution is -2.35. The summed E-state index contributed by atoms with van der Waals surface area (Å²) in [5.74, 6) is 1.13. The average Bonchev–Trinajstić information content (AvgIpc) is 2.77. The Morgan fingerprint density at radius 2 is 2.16 bits per heavy atom. The van der Waals surface area contributed by atoms with Crippen LogP contribution in [-0.2, 0) is 4.74 Å². The van der Waals surface area contributed by atoms with Gasteiger partial charge in [-0.1, -0.05) is 25.2 Å². The Bertz CT molecular complexity index is 403. The maximum atomic E-state index is 12.0. The minimum atomic E-state index is -0.408. The van der Waals surface area contributed by atoms with Gasteiger partial charge in [-0.25, -0.2) is 4.79 Å². The summed E-state index contributed by atoms with van der Waals surface area (Å²) in [6.07, 6.45) is 8.82. The SMILES string of the molecule is CC1C=CC([C@@H]2CCN(C(=O)OC(C)(C)C)C2)=CC1. The Labute approximate surface area is 116 Å². The van der Waals surface area contributed by atoms with E-state index in [2.05, 4.69) is 25.2 Å². The van der Waals surface area contributed by atoms with Crippen LogP contribution in [0.25, 0.3) is 0 Å². The van der Waals surface area contributed by atoms with E-state index in [1.54, 1.807) is 0 Å². The molecule has 2 aliphatic rings. The maximum Gasteiger partial charge on any atom is 0.410 e. The first-order valence-electron chi connectivity index (χ1n) is 7.21. The van der Waals surface area contributed by atoms with Crippen molar-refractivity contribution in [3.63, 3.8) is 0 Å². The fourth-order valence-electron chi connectivity index (χ4n) is 2.57. The van der Waals surface area contributed by atoms with Crippen molar-refractivity contribution in [1.29, 1.82) is 0 Å². The fourth-order valence-corrected chi connectivity index (χ4v) is 2.57. The Hall–Kier alpha value is -1.25. The molecule has 1 fully saturated rings. The molecule has 2 atom stereocenters. The van der Waals surface area contributed by atoms with Crippen LogP contribution in [0.2, 0.25) is 0 Å². The Kier molecular flexibility index (Phi) is 4.02. The number of rotatable bonds is 1. The van der Waals surface area contributed by atoms with Crippen LogP contribution in [0.15, 0.2) is 23.8 Å². The first kappa shape index (κ1) is 14.2. The normalized spacial score (nSPS) is 27.4. The number of hydrogen-bond acceptors (Lipinski definition) is 2. The van der Waals surface area contributed by atoms with Gasteiger partial charge in [-0.05, 0) is 45.1 Å². The van der Waals surface area contributed by atoms with Gasteiger partial charge in [0.15, 0.2) is 0 Å². The molecule has 0 aromatic rings. The minimum Gasteiger partial charge on any atom is -0.444 e. The standard InChI is InChI=1S/C16H25NO2/c1-12-5-7-13(8-6-12)14-9-10-17(11-14)15(18)19-16(2,3)4/h5,7-8,12,14H,6,9-11H2,1-4H3/t12?,14-/m1/s1. The van der Waals surface area contributed by atoms with Gasteiger partial charge in [-0.2, -0.15) is 0 Å². The van der Waals surface area contributed by atoms with Crippen molar-refractivity contribution in [3.8, 4) is 0 Å². The lowest BCUT2D eigenvalue weighted by molar-refractivity contribution is 0.0290. The van der Waals surface area contributed by atoms with Gasteiger partial charge < -0.3 is 9.64 Å². The van der Waals surface area contributed by atoms with Crippen molar-refractivity contribution in [2.75, 3.05) is 13.1 Å². The largest absolute Gasteiger partial charge is 0.444 e. The molecule has 1 heterocycles. The number of nitrogens with zero attached hydrogens (tertiary/aromatic N) is 1. The van der Waals surface area contributed by atoms with Crippen LogP contribution in [0.3, 0.4) is 0 Å². The summed E-state index contributed by atoms with van der Waals surface area (Å²) in [5.41, 5.74) is 0.985. The number of amides is 1. The van der Waals surface area contributed by atoms with Gasteiger partial charge >= 0.3 is 6.09 Å². The van der Waals surface area contributed by atoms with Crippen LogP contribution in [0.1, 0.15) is 40.5 Å². The molecule has 0 N–H and O–H groups in total. The molecule has 3 heteroatoms. The lowest BCUT2D eigenvalue weighted by atomic mass is 9.90. The Morgan fingerprint density at radius 3 is 2.74 bits per heavy atom. The molecule has 0 bridgehead atoms. The van der Waals surface area contributed by atoms with E-state index in [4.69, 9.17) is 4.74 Å². The molecule has 0 aromatic heterocycles. The fraction of sp³-hybridized carbons (Fsp3) is 0.688. The van der Waals surface area contributed by atoms with E-state index < -0.39 is 5.60 Å². The molecular weight excluding hydrogens is 238 g/mol. The quantitative estimate of drug-likeness (QED) is 0.721. The van der Waals surface area contributed by atoms with Gasteiger partial charge in [0, 0.05) is 19.0 Å². The number of likely N-dealkylation sites (tertiary alicyclic amines) is 1. The summed E-state index contributed by atoms with van der Waals surface area (Å²) >= 11 is 0. The van der Waals surface area contributed by atoms with Crippen molar-refractivity contribution >= 4 is 6.09 Å². The smallest absolute Gasteiger partial charge is 0.410 e. The average molecular weight is 263 g/mol. The van der Waals surface area contributed by atoms with Gasteiger partial charge in [-0.15, -0.1) is 0 Å². The van der Waals surface area contributed by atoms with Crippen LogP contribution in [0.4, 0.5) is 4.79 Å². The van der Waals surface area contributed by atoms with Crippen molar-refractivity contribution in [2.24, 2.45) is 11.8 Å². The first-order valence-corrected chi connectivity index (χ1v) is 7.21. The van der Waals surface area contributed by atoms with Crippen LogP contribution < -0.4 is 0 Å². The van der Waals surface area contributed by atoms with E-state index in [9.17, 15) is 4.79 Å². The molecule has 106 valence electrons. The second-order valence-electron chi connectivity index (χ2n) is 6.69. The first-order chi connectivity index (χ1) is 8.85. The van der Waals surface area contributed by atoms with Crippen molar-refractivity contribution in [1.82, 2.24) is 4.90 Å². The van der Waals surface area contributed by atoms with Crippen molar-refractivity contribution < 1.29 is 9.53 Å². The highest BCUT2D eigenvalue weighted by molar-refractivity contribution is 5.68. The van der Waals surface area contributed by atoms with Crippen LogP contribution in [-0.4, -0.2) is 29.7 Å². The monoisotopic (exact) mass is 263 g/mol. The highest BCUT2D eigenvalue weighted by Gasteiger charge is 2.31. The topological polar surface area (TPSA) is 29.5 Å². The molecule has 0 radical (unpaired) electrons. The van der Waals surface area contributed by atoms with Crippen molar-refractivity contribution in [2.45, 2.75) is 46.1 Å². The molecule has 0 spiro atoms. The number of hydrogen-bond donors (Lipinski definition) is 0. The van der Waals surface area contributed by atoms with Gasteiger partial charge in [0.05, 0.1) is 0 Å². The zero-order valence-corrected chi connectivity index (χ0v) is 12.5. The summed E-state index contributed by atoms with van der Waals surface area (Å²) in [6, 6.07) is 0. The number of allylic oxidation sites excluding steroid dienone is 3. The highest BCUT2D eigenvalue weighted by atomic mass is 16.6. The zero-order valence-electron chi connectivity index (χ0n) is 12.5. The van der Waals surface area contributed by atoms with E-state index in [0.29, 0.717) is 11.8 Å². The third-order valence-corrected chi connectivity index (χ3v) is 3.65. The van der Waals surface area contributed by atoms with Crippen molar-refractivity contribution in [3.05, 3.63) is 23.8 Å². The lowest BCUT2D eigenvalue weighted by Gasteiger charge is -2.24. The summed E-state index contributed by atoms with van der Waals surface area (Å²) in [5, 5.41) is 0. The number of ether oxygens (including phenoxy) is 1. The molecule has 0 aromatic carbocycles. The maximum absolute atomic E-state index is 12.0. The molecule has 1 aliphatic heterocycles. The van der Waals surface area contributed by atoms with Gasteiger partial charge in [0.1, 0.15) is 5.60 Å². The zero-order chi connectivity index (χ0) is 14.0. The van der Waals surface area contributed by atoms with Gasteiger partial charge in [0.25, 0.3) is 0 Å². The van der Waals surface area contributed by atoms with Gasteiger partial charge in [-0.3, -0.25) is 0 Å². The third-order valence-electron chi connectivity index (χ3n) is 3.65. The molecule has 19 heavy (non-hydrogen) atoms. The van der Waals surface area contributed by atoms with E-state index in [-0.39, 0.29) is 6.09 Å². The Balaban J connectivity index is 1.90. The molecule has 1 unspecified atom stereocenters. The highest BCUT2D eigenvalue weighted by Crippen LogP contribution is 2.29. The van der Waals surface area contributed by atoms with Gasteiger partial charge in [0.2, 0.25) is 0 Å². The Morgan fingerprint density at radius 1 is 1.42 bits per heavy atom. The van der Waals surface area contributed by atoms with Crippen LogP contribution >= 0.6 is 0 Å². The number of carbonyl (C=O) groups is 1. The van der Waals surface area contributed by atoms with E-state index in [0.717, 1.165) is 25.9 Å². The molecular formula is C16H25NO2. The summed E-state index contributed by atoms with van der Waals surface area (Å²) in [4.78, 5) is 13.8. The summed E-state index contributed by atoms with van der Waals surface area (Å²) in [6.45, 7) is 9.55. The molecule has 1 aliphatic carbocycles.